The number of halogens is 2. The maximum absolute atomic E-state index is 13.8. The van der Waals surface area contributed by atoms with Gasteiger partial charge in [-0.05, 0) is 12.1 Å². The largest absolute Gasteiger partial charge is 0.495 e. The maximum Gasteiger partial charge on any atom is 0.271 e. The van der Waals surface area contributed by atoms with Gasteiger partial charge in [0.1, 0.15) is 11.6 Å². The van der Waals surface area contributed by atoms with E-state index in [0.717, 1.165) is 0 Å². The zero-order valence-electron chi connectivity index (χ0n) is 11.1. The Morgan fingerprint density at radius 3 is 2.81 bits per heavy atom. The Morgan fingerprint density at radius 1 is 1.38 bits per heavy atom. The fourth-order valence-corrected chi connectivity index (χ4v) is 2.02. The molecule has 2 aromatic rings. The predicted molar refractivity (Wildman–Crippen MR) is 78.4 cm³/mol. The van der Waals surface area contributed by atoms with E-state index in [1.165, 1.54) is 31.4 Å². The second kappa shape index (κ2) is 6.41. The third kappa shape index (κ3) is 3.41. The van der Waals surface area contributed by atoms with Gasteiger partial charge in [-0.2, -0.15) is 0 Å². The van der Waals surface area contributed by atoms with Crippen molar-refractivity contribution in [1.29, 1.82) is 0 Å². The number of hydrogen-bond acceptors (Lipinski definition) is 4. The van der Waals surface area contributed by atoms with Gasteiger partial charge in [0.2, 0.25) is 0 Å². The van der Waals surface area contributed by atoms with E-state index in [4.69, 9.17) is 16.3 Å². The van der Waals surface area contributed by atoms with E-state index in [9.17, 15) is 14.5 Å². The lowest BCUT2D eigenvalue weighted by molar-refractivity contribution is -0.384. The molecule has 5 nitrogen and oxygen atoms in total. The molecule has 0 aliphatic rings. The van der Waals surface area contributed by atoms with Gasteiger partial charge in [-0.15, -0.1) is 0 Å². The molecule has 2 rings (SSSR count). The lowest BCUT2D eigenvalue weighted by Crippen LogP contribution is -2.04. The van der Waals surface area contributed by atoms with Crippen molar-refractivity contribution >= 4 is 23.0 Å². The molecule has 0 aliphatic heterocycles. The van der Waals surface area contributed by atoms with Crippen molar-refractivity contribution in [2.75, 3.05) is 12.4 Å². The Hall–Kier alpha value is -2.34. The molecule has 0 aliphatic carbocycles. The van der Waals surface area contributed by atoms with Gasteiger partial charge in [0.15, 0.2) is 0 Å². The Kier molecular flexibility index (Phi) is 4.59. The average Bonchev–Trinajstić information content (AvgIpc) is 2.48. The number of methoxy groups -OCH3 is 1. The van der Waals surface area contributed by atoms with Crippen LogP contribution in [0.3, 0.4) is 0 Å². The molecule has 0 saturated carbocycles. The van der Waals surface area contributed by atoms with Gasteiger partial charge in [-0.25, -0.2) is 4.39 Å². The van der Waals surface area contributed by atoms with Crippen LogP contribution in [0.5, 0.6) is 5.75 Å². The molecule has 110 valence electrons. The van der Waals surface area contributed by atoms with Crippen molar-refractivity contribution in [3.63, 3.8) is 0 Å². The highest BCUT2D eigenvalue weighted by Crippen LogP contribution is 2.29. The highest BCUT2D eigenvalue weighted by Gasteiger charge is 2.12. The van der Waals surface area contributed by atoms with Crippen molar-refractivity contribution in [1.82, 2.24) is 0 Å². The summed E-state index contributed by atoms with van der Waals surface area (Å²) in [6.07, 6.45) is 0. The molecule has 1 N–H and O–H groups in total. The van der Waals surface area contributed by atoms with Crippen LogP contribution in [-0.4, -0.2) is 12.0 Å². The number of nitro benzene ring substituents is 1. The van der Waals surface area contributed by atoms with Crippen LogP contribution in [0.25, 0.3) is 0 Å². The Balaban J connectivity index is 2.24. The molecule has 7 heteroatoms. The Morgan fingerprint density at radius 2 is 2.14 bits per heavy atom. The summed E-state index contributed by atoms with van der Waals surface area (Å²) in [7, 11) is 1.45. The predicted octanol–water partition coefficient (Wildman–Crippen LogP) is 4.01. The van der Waals surface area contributed by atoms with Crippen LogP contribution in [-0.2, 0) is 6.54 Å². The molecule has 0 saturated heterocycles. The average molecular weight is 311 g/mol. The highest BCUT2D eigenvalue weighted by molar-refractivity contribution is 6.30. The van der Waals surface area contributed by atoms with Crippen molar-refractivity contribution in [2.45, 2.75) is 6.54 Å². The first-order chi connectivity index (χ1) is 10.0. The van der Waals surface area contributed by atoms with Gasteiger partial charge < -0.3 is 10.1 Å². The van der Waals surface area contributed by atoms with Gasteiger partial charge >= 0.3 is 0 Å². The Bertz CT molecular complexity index is 679. The van der Waals surface area contributed by atoms with Crippen LogP contribution in [0, 0.1) is 15.9 Å². The molecular weight excluding hydrogens is 299 g/mol. The van der Waals surface area contributed by atoms with E-state index in [1.807, 2.05) is 0 Å². The van der Waals surface area contributed by atoms with Crippen LogP contribution < -0.4 is 10.1 Å². The minimum atomic E-state index is -0.518. The van der Waals surface area contributed by atoms with Gasteiger partial charge in [0.25, 0.3) is 5.69 Å². The van der Waals surface area contributed by atoms with Crippen molar-refractivity contribution in [3.8, 4) is 5.75 Å². The van der Waals surface area contributed by atoms with Crippen LogP contribution in [0.4, 0.5) is 15.8 Å². The standard InChI is InChI=1S/C14H12ClFN2O3/c1-21-13-6-5-10(18(19)20)7-12(13)17-8-9-3-2-4-11(15)14(9)16/h2-7,17H,8H2,1H3. The number of nitrogens with zero attached hydrogens (tertiary/aromatic N) is 1. The Labute approximate surface area is 125 Å². The molecule has 0 spiro atoms. The zero-order chi connectivity index (χ0) is 15.4. The number of rotatable bonds is 5. The zero-order valence-corrected chi connectivity index (χ0v) is 11.9. The summed E-state index contributed by atoms with van der Waals surface area (Å²) < 4.78 is 18.9. The maximum atomic E-state index is 13.8. The monoisotopic (exact) mass is 310 g/mol. The van der Waals surface area contributed by atoms with Crippen molar-refractivity contribution < 1.29 is 14.1 Å². The third-order valence-electron chi connectivity index (χ3n) is 2.89. The third-order valence-corrected chi connectivity index (χ3v) is 3.19. The molecule has 0 aromatic heterocycles. The molecular formula is C14H12ClFN2O3. The summed E-state index contributed by atoms with van der Waals surface area (Å²) in [5.74, 6) is -0.0842. The number of ether oxygens (including phenoxy) is 1. The minimum Gasteiger partial charge on any atom is -0.495 e. The highest BCUT2D eigenvalue weighted by atomic mass is 35.5. The van der Waals surface area contributed by atoms with E-state index in [-0.39, 0.29) is 17.3 Å². The smallest absolute Gasteiger partial charge is 0.271 e. The first-order valence-electron chi connectivity index (χ1n) is 6.02. The SMILES string of the molecule is COc1ccc([N+](=O)[O-])cc1NCc1cccc(Cl)c1F. The summed E-state index contributed by atoms with van der Waals surface area (Å²) in [4.78, 5) is 10.3. The fourth-order valence-electron chi connectivity index (χ4n) is 1.82. The molecule has 0 unspecified atom stereocenters. The van der Waals surface area contributed by atoms with Crippen LogP contribution in [0.15, 0.2) is 36.4 Å². The number of nitrogens with one attached hydrogen (secondary N) is 1. The summed E-state index contributed by atoms with van der Waals surface area (Å²) in [5, 5.41) is 13.7. The van der Waals surface area contributed by atoms with Crippen molar-refractivity contribution in [3.05, 3.63) is 62.9 Å². The van der Waals surface area contributed by atoms with Crippen LogP contribution in [0.1, 0.15) is 5.56 Å². The lowest BCUT2D eigenvalue weighted by atomic mass is 10.2. The second-order valence-corrected chi connectivity index (χ2v) is 4.62. The molecule has 0 fully saturated rings. The van der Waals surface area contributed by atoms with Crippen LogP contribution >= 0.6 is 11.6 Å². The molecule has 0 radical (unpaired) electrons. The number of non-ortho nitro benzene ring substituents is 1. The number of nitro groups is 1. The van der Waals surface area contributed by atoms with E-state index in [2.05, 4.69) is 5.32 Å². The lowest BCUT2D eigenvalue weighted by Gasteiger charge is -2.11. The van der Waals surface area contributed by atoms with Crippen LogP contribution in [0.2, 0.25) is 5.02 Å². The van der Waals surface area contributed by atoms with E-state index in [0.29, 0.717) is 17.0 Å². The van der Waals surface area contributed by atoms with E-state index in [1.54, 1.807) is 12.1 Å². The molecule has 21 heavy (non-hydrogen) atoms. The summed E-state index contributed by atoms with van der Waals surface area (Å²) in [6.45, 7) is 0.129. The fraction of sp³-hybridized carbons (Fsp3) is 0.143. The summed E-state index contributed by atoms with van der Waals surface area (Å²) >= 11 is 5.70. The van der Waals surface area contributed by atoms with E-state index >= 15 is 0 Å². The molecule has 0 bridgehead atoms. The van der Waals surface area contributed by atoms with Gasteiger partial charge in [0.05, 0.1) is 22.7 Å². The number of hydrogen-bond donors (Lipinski definition) is 1. The summed E-state index contributed by atoms with van der Waals surface area (Å²) in [5.41, 5.74) is 0.687. The van der Waals surface area contributed by atoms with E-state index < -0.39 is 10.7 Å². The van der Waals surface area contributed by atoms with Gasteiger partial charge in [-0.3, -0.25) is 10.1 Å². The number of benzene rings is 2. The van der Waals surface area contributed by atoms with Crippen molar-refractivity contribution in [2.24, 2.45) is 0 Å². The van der Waals surface area contributed by atoms with Gasteiger partial charge in [0, 0.05) is 24.2 Å². The first-order valence-corrected chi connectivity index (χ1v) is 6.40. The molecule has 0 heterocycles. The molecule has 0 amide bonds. The molecule has 2 aromatic carbocycles. The quantitative estimate of drug-likeness (QED) is 0.669. The van der Waals surface area contributed by atoms with Gasteiger partial charge in [-0.1, -0.05) is 23.7 Å². The molecule has 0 atom stereocenters. The summed E-state index contributed by atoms with van der Waals surface area (Å²) in [6, 6.07) is 8.82. The number of anilines is 1. The normalized spacial score (nSPS) is 10.2. The first kappa shape index (κ1) is 15.1. The second-order valence-electron chi connectivity index (χ2n) is 4.21. The topological polar surface area (TPSA) is 64.4 Å². The minimum absolute atomic E-state index is 0.0281.